The van der Waals surface area contributed by atoms with E-state index in [4.69, 9.17) is 10.5 Å². The molecule has 2 N–H and O–H groups in total. The summed E-state index contributed by atoms with van der Waals surface area (Å²) in [6, 6.07) is 10.8. The van der Waals surface area contributed by atoms with Crippen LogP contribution in [0.4, 0.5) is 18.9 Å². The molecule has 0 spiro atoms. The molecule has 2 nitrogen and oxygen atoms in total. The summed E-state index contributed by atoms with van der Waals surface area (Å²) in [6.45, 7) is 2.08. The summed E-state index contributed by atoms with van der Waals surface area (Å²) in [7, 11) is 0. The normalized spacial score (nSPS) is 11.4. The first-order chi connectivity index (χ1) is 9.90. The minimum absolute atomic E-state index is 0.111. The van der Waals surface area contributed by atoms with Gasteiger partial charge in [0.1, 0.15) is 11.5 Å². The van der Waals surface area contributed by atoms with Crippen molar-refractivity contribution in [3.8, 4) is 11.5 Å². The molecule has 0 radical (unpaired) electrons. The van der Waals surface area contributed by atoms with E-state index in [2.05, 4.69) is 6.92 Å². The Labute approximate surface area is 121 Å². The Kier molecular flexibility index (Phi) is 4.40. The number of nitrogen functional groups attached to an aromatic ring is 1. The fraction of sp³-hybridized carbons (Fsp3) is 0.250. The average molecular weight is 295 g/mol. The molecule has 0 heterocycles. The van der Waals surface area contributed by atoms with Crippen LogP contribution in [0, 0.1) is 0 Å². The van der Waals surface area contributed by atoms with Gasteiger partial charge in [0.2, 0.25) is 0 Å². The minimum Gasteiger partial charge on any atom is -0.457 e. The smallest absolute Gasteiger partial charge is 0.418 e. The second-order valence-corrected chi connectivity index (χ2v) is 4.74. The Bertz CT molecular complexity index is 606. The van der Waals surface area contributed by atoms with Gasteiger partial charge >= 0.3 is 6.18 Å². The van der Waals surface area contributed by atoms with Gasteiger partial charge < -0.3 is 10.5 Å². The van der Waals surface area contributed by atoms with Gasteiger partial charge in [-0.15, -0.1) is 0 Å². The Hall–Kier alpha value is -2.17. The molecule has 0 bridgehead atoms. The van der Waals surface area contributed by atoms with E-state index >= 15 is 0 Å². The molecule has 0 aliphatic heterocycles. The fourth-order valence-electron chi connectivity index (χ4n) is 1.99. The first-order valence-electron chi connectivity index (χ1n) is 6.63. The Morgan fingerprint density at radius 1 is 1.00 bits per heavy atom. The van der Waals surface area contributed by atoms with Gasteiger partial charge in [0.15, 0.2) is 0 Å². The number of anilines is 1. The van der Waals surface area contributed by atoms with Crippen LogP contribution in [-0.4, -0.2) is 0 Å². The molecule has 0 saturated heterocycles. The largest absolute Gasteiger partial charge is 0.457 e. The van der Waals surface area contributed by atoms with Crippen molar-refractivity contribution in [3.05, 3.63) is 53.6 Å². The molecule has 0 fully saturated rings. The van der Waals surface area contributed by atoms with Gasteiger partial charge in [0.25, 0.3) is 0 Å². The highest BCUT2D eigenvalue weighted by molar-refractivity contribution is 5.52. The first kappa shape index (κ1) is 15.2. The van der Waals surface area contributed by atoms with E-state index in [1.165, 1.54) is 12.1 Å². The maximum absolute atomic E-state index is 12.8. The van der Waals surface area contributed by atoms with Gasteiger partial charge in [-0.1, -0.05) is 25.5 Å². The van der Waals surface area contributed by atoms with Crippen LogP contribution < -0.4 is 10.5 Å². The molecule has 0 saturated carbocycles. The number of nitrogens with two attached hydrogens (primary N) is 1. The molecular weight excluding hydrogens is 279 g/mol. The second kappa shape index (κ2) is 6.08. The average Bonchev–Trinajstić information content (AvgIpc) is 2.42. The third kappa shape index (κ3) is 3.90. The van der Waals surface area contributed by atoms with E-state index in [9.17, 15) is 13.2 Å². The van der Waals surface area contributed by atoms with Gasteiger partial charge in [-0.25, -0.2) is 0 Å². The Morgan fingerprint density at radius 3 is 2.19 bits per heavy atom. The molecule has 0 atom stereocenters. The number of alkyl halides is 3. The monoisotopic (exact) mass is 295 g/mol. The molecule has 112 valence electrons. The summed E-state index contributed by atoms with van der Waals surface area (Å²) in [5.74, 6) is 0.604. The van der Waals surface area contributed by atoms with Crippen molar-refractivity contribution in [2.45, 2.75) is 25.9 Å². The summed E-state index contributed by atoms with van der Waals surface area (Å²) in [5.41, 5.74) is 5.31. The maximum atomic E-state index is 12.8. The SMILES string of the molecule is CCCc1ccc(Oc2ccc(N)c(C(F)(F)F)c2)cc1. The molecule has 21 heavy (non-hydrogen) atoms. The van der Waals surface area contributed by atoms with Crippen LogP contribution in [0.3, 0.4) is 0 Å². The Balaban J connectivity index is 2.20. The summed E-state index contributed by atoms with van der Waals surface area (Å²) in [4.78, 5) is 0. The predicted molar refractivity (Wildman–Crippen MR) is 76.4 cm³/mol. The van der Waals surface area contributed by atoms with Crippen LogP contribution in [-0.2, 0) is 12.6 Å². The van der Waals surface area contributed by atoms with Crippen LogP contribution in [0.25, 0.3) is 0 Å². The molecule has 2 rings (SSSR count). The van der Waals surface area contributed by atoms with Crippen LogP contribution in [0.2, 0.25) is 0 Å². The molecule has 0 aromatic heterocycles. The van der Waals surface area contributed by atoms with Gasteiger partial charge in [-0.3, -0.25) is 0 Å². The first-order valence-corrected chi connectivity index (χ1v) is 6.63. The highest BCUT2D eigenvalue weighted by atomic mass is 19.4. The molecular formula is C16H16F3NO. The lowest BCUT2D eigenvalue weighted by Crippen LogP contribution is -2.08. The van der Waals surface area contributed by atoms with E-state index in [0.717, 1.165) is 24.5 Å². The minimum atomic E-state index is -4.49. The molecule has 0 unspecified atom stereocenters. The summed E-state index contributed by atoms with van der Waals surface area (Å²) in [6.07, 6.45) is -2.50. The van der Waals surface area contributed by atoms with Crippen molar-refractivity contribution in [1.29, 1.82) is 0 Å². The number of hydrogen-bond acceptors (Lipinski definition) is 2. The van der Waals surface area contributed by atoms with Gasteiger partial charge in [-0.05, 0) is 42.3 Å². The molecule has 0 aliphatic rings. The third-order valence-corrected chi connectivity index (χ3v) is 3.03. The lowest BCUT2D eigenvalue weighted by atomic mass is 10.1. The quantitative estimate of drug-likeness (QED) is 0.803. The van der Waals surface area contributed by atoms with E-state index in [1.54, 1.807) is 12.1 Å². The van der Waals surface area contributed by atoms with Gasteiger partial charge in [0.05, 0.1) is 5.56 Å². The highest BCUT2D eigenvalue weighted by Gasteiger charge is 2.33. The van der Waals surface area contributed by atoms with Crippen LogP contribution in [0.1, 0.15) is 24.5 Å². The van der Waals surface area contributed by atoms with Crippen molar-refractivity contribution in [1.82, 2.24) is 0 Å². The van der Waals surface area contributed by atoms with Gasteiger partial charge in [0, 0.05) is 5.69 Å². The van der Waals surface area contributed by atoms with E-state index in [1.807, 2.05) is 12.1 Å². The van der Waals surface area contributed by atoms with Crippen molar-refractivity contribution < 1.29 is 17.9 Å². The highest BCUT2D eigenvalue weighted by Crippen LogP contribution is 2.36. The molecule has 2 aromatic rings. The number of rotatable bonds is 4. The van der Waals surface area contributed by atoms with Gasteiger partial charge in [-0.2, -0.15) is 13.2 Å². The van der Waals surface area contributed by atoms with E-state index in [0.29, 0.717) is 5.75 Å². The van der Waals surface area contributed by atoms with E-state index < -0.39 is 11.7 Å². The number of aryl methyl sites for hydroxylation is 1. The number of hydrogen-bond donors (Lipinski definition) is 1. The van der Waals surface area contributed by atoms with Crippen molar-refractivity contribution >= 4 is 5.69 Å². The molecule has 5 heteroatoms. The molecule has 0 amide bonds. The van der Waals surface area contributed by atoms with Crippen LogP contribution in [0.15, 0.2) is 42.5 Å². The van der Waals surface area contributed by atoms with Crippen molar-refractivity contribution in [2.75, 3.05) is 5.73 Å². The standard InChI is InChI=1S/C16H16F3NO/c1-2-3-11-4-6-12(7-5-11)21-13-8-9-15(20)14(10-13)16(17,18)19/h4-10H,2-3,20H2,1H3. The van der Waals surface area contributed by atoms with Crippen LogP contribution >= 0.6 is 0 Å². The number of ether oxygens (including phenoxy) is 1. The summed E-state index contributed by atoms with van der Waals surface area (Å²) >= 11 is 0. The fourth-order valence-corrected chi connectivity index (χ4v) is 1.99. The van der Waals surface area contributed by atoms with Crippen LogP contribution in [0.5, 0.6) is 11.5 Å². The maximum Gasteiger partial charge on any atom is 0.418 e. The predicted octanol–water partition coefficient (Wildman–Crippen LogP) is 5.03. The zero-order valence-corrected chi connectivity index (χ0v) is 11.6. The lowest BCUT2D eigenvalue weighted by Gasteiger charge is -2.12. The summed E-state index contributed by atoms with van der Waals surface area (Å²) in [5, 5.41) is 0. The summed E-state index contributed by atoms with van der Waals surface area (Å²) < 4.78 is 43.8. The topological polar surface area (TPSA) is 35.2 Å². The zero-order valence-electron chi connectivity index (χ0n) is 11.6. The lowest BCUT2D eigenvalue weighted by molar-refractivity contribution is -0.137. The molecule has 0 aliphatic carbocycles. The molecule has 2 aromatic carbocycles. The number of halogens is 3. The number of benzene rings is 2. The van der Waals surface area contributed by atoms with E-state index in [-0.39, 0.29) is 11.4 Å². The third-order valence-electron chi connectivity index (χ3n) is 3.03. The van der Waals surface area contributed by atoms with Crippen molar-refractivity contribution in [3.63, 3.8) is 0 Å². The zero-order chi connectivity index (χ0) is 15.5. The van der Waals surface area contributed by atoms with Crippen molar-refractivity contribution in [2.24, 2.45) is 0 Å². The second-order valence-electron chi connectivity index (χ2n) is 4.74. The Morgan fingerprint density at radius 2 is 1.62 bits per heavy atom.